The van der Waals surface area contributed by atoms with Gasteiger partial charge in [0.05, 0.1) is 11.5 Å². The Morgan fingerprint density at radius 3 is 2.42 bits per heavy atom. The maximum absolute atomic E-state index is 12.6. The summed E-state index contributed by atoms with van der Waals surface area (Å²) in [6, 6.07) is 8.42. The second-order valence-corrected chi connectivity index (χ2v) is 9.68. The number of hydrogen-bond donors (Lipinski definition) is 0. The van der Waals surface area contributed by atoms with Gasteiger partial charge < -0.3 is 9.80 Å². The SMILES string of the molecule is CCN(C(=O)CCc1ccc(N2CCCCC2)cc1)C1CCS(=O)(=O)C1. The Morgan fingerprint density at radius 2 is 1.85 bits per heavy atom. The predicted octanol–water partition coefficient (Wildman–Crippen LogP) is 2.65. The molecule has 2 aliphatic heterocycles. The smallest absolute Gasteiger partial charge is 0.223 e. The van der Waals surface area contributed by atoms with Crippen molar-refractivity contribution in [1.82, 2.24) is 4.90 Å². The third kappa shape index (κ3) is 4.78. The molecule has 0 aromatic heterocycles. The number of rotatable bonds is 6. The quantitative estimate of drug-likeness (QED) is 0.764. The molecule has 0 bridgehead atoms. The number of carbonyl (C=O) groups is 1. The largest absolute Gasteiger partial charge is 0.372 e. The zero-order valence-corrected chi connectivity index (χ0v) is 16.5. The Bertz CT molecular complexity index is 709. The molecule has 26 heavy (non-hydrogen) atoms. The van der Waals surface area contributed by atoms with Gasteiger partial charge in [0.1, 0.15) is 0 Å². The van der Waals surface area contributed by atoms with E-state index in [1.807, 2.05) is 6.92 Å². The summed E-state index contributed by atoms with van der Waals surface area (Å²) in [5.74, 6) is 0.394. The molecule has 1 amide bonds. The summed E-state index contributed by atoms with van der Waals surface area (Å²) in [4.78, 5) is 16.8. The van der Waals surface area contributed by atoms with Gasteiger partial charge in [-0.15, -0.1) is 0 Å². The molecule has 0 spiro atoms. The van der Waals surface area contributed by atoms with Crippen LogP contribution in [-0.4, -0.2) is 56.4 Å². The van der Waals surface area contributed by atoms with Gasteiger partial charge in [-0.3, -0.25) is 4.79 Å². The minimum absolute atomic E-state index is 0.0645. The average molecular weight is 379 g/mol. The van der Waals surface area contributed by atoms with Crippen LogP contribution in [0, 0.1) is 0 Å². The zero-order valence-electron chi connectivity index (χ0n) is 15.7. The Kier molecular flexibility index (Phi) is 6.22. The molecule has 5 nitrogen and oxygen atoms in total. The molecule has 3 rings (SSSR count). The van der Waals surface area contributed by atoms with E-state index in [-0.39, 0.29) is 23.5 Å². The van der Waals surface area contributed by atoms with Crippen molar-refractivity contribution in [2.75, 3.05) is 36.0 Å². The third-order valence-electron chi connectivity index (χ3n) is 5.60. The molecule has 2 aliphatic rings. The Labute approximate surface area is 157 Å². The number of benzene rings is 1. The lowest BCUT2D eigenvalue weighted by molar-refractivity contribution is -0.132. The fourth-order valence-electron chi connectivity index (χ4n) is 4.08. The summed E-state index contributed by atoms with van der Waals surface area (Å²) in [5, 5.41) is 0. The van der Waals surface area contributed by atoms with E-state index in [9.17, 15) is 13.2 Å². The first-order valence-corrected chi connectivity index (χ1v) is 11.6. The predicted molar refractivity (Wildman–Crippen MR) is 105 cm³/mol. The molecule has 0 saturated carbocycles. The van der Waals surface area contributed by atoms with Gasteiger partial charge in [-0.25, -0.2) is 8.42 Å². The molecular formula is C20H30N2O3S. The lowest BCUT2D eigenvalue weighted by atomic mass is 10.1. The van der Waals surface area contributed by atoms with E-state index in [1.54, 1.807) is 4.90 Å². The van der Waals surface area contributed by atoms with Gasteiger partial charge in [-0.05, 0) is 56.7 Å². The van der Waals surface area contributed by atoms with Crippen LogP contribution in [0.1, 0.15) is 44.6 Å². The van der Waals surface area contributed by atoms with E-state index >= 15 is 0 Å². The molecule has 2 heterocycles. The summed E-state index contributed by atoms with van der Waals surface area (Å²) in [6.07, 6.45) is 5.57. The monoisotopic (exact) mass is 378 g/mol. The standard InChI is InChI=1S/C20H30N2O3S/c1-2-22(19-12-15-26(24,25)16-19)20(23)11-8-17-6-9-18(10-7-17)21-13-4-3-5-14-21/h6-7,9-10,19H,2-5,8,11-16H2,1H3. The summed E-state index contributed by atoms with van der Waals surface area (Å²) < 4.78 is 23.4. The first-order valence-electron chi connectivity index (χ1n) is 9.82. The van der Waals surface area contributed by atoms with Crippen molar-refractivity contribution in [2.24, 2.45) is 0 Å². The molecule has 1 atom stereocenters. The number of hydrogen-bond acceptors (Lipinski definition) is 4. The minimum atomic E-state index is -2.97. The van der Waals surface area contributed by atoms with Crippen LogP contribution >= 0.6 is 0 Å². The van der Waals surface area contributed by atoms with Crippen LogP contribution < -0.4 is 4.90 Å². The number of piperidine rings is 1. The third-order valence-corrected chi connectivity index (χ3v) is 7.35. The number of carbonyl (C=O) groups excluding carboxylic acids is 1. The van der Waals surface area contributed by atoms with Gasteiger partial charge in [-0.1, -0.05) is 12.1 Å². The van der Waals surface area contributed by atoms with Gasteiger partial charge in [-0.2, -0.15) is 0 Å². The number of sulfone groups is 1. The second kappa shape index (κ2) is 8.42. The lowest BCUT2D eigenvalue weighted by Gasteiger charge is -2.29. The molecule has 0 aliphatic carbocycles. The summed E-state index contributed by atoms with van der Waals surface area (Å²) in [7, 11) is -2.97. The Balaban J connectivity index is 1.53. The number of anilines is 1. The number of aryl methyl sites for hydroxylation is 1. The van der Waals surface area contributed by atoms with Crippen LogP contribution in [0.15, 0.2) is 24.3 Å². The second-order valence-electron chi connectivity index (χ2n) is 7.45. The highest BCUT2D eigenvalue weighted by molar-refractivity contribution is 7.91. The summed E-state index contributed by atoms with van der Waals surface area (Å²) >= 11 is 0. The fourth-order valence-corrected chi connectivity index (χ4v) is 5.81. The van der Waals surface area contributed by atoms with Gasteiger partial charge in [0, 0.05) is 37.8 Å². The van der Waals surface area contributed by atoms with Crippen LogP contribution in [0.25, 0.3) is 0 Å². The molecule has 2 fully saturated rings. The molecule has 2 saturated heterocycles. The number of amides is 1. The molecule has 0 N–H and O–H groups in total. The van der Waals surface area contributed by atoms with Gasteiger partial charge in [0.15, 0.2) is 9.84 Å². The van der Waals surface area contributed by atoms with Crippen molar-refractivity contribution in [3.05, 3.63) is 29.8 Å². The average Bonchev–Trinajstić information content (AvgIpc) is 3.01. The van der Waals surface area contributed by atoms with Gasteiger partial charge in [0.2, 0.25) is 5.91 Å². The molecule has 1 aromatic rings. The van der Waals surface area contributed by atoms with Crippen molar-refractivity contribution in [3.63, 3.8) is 0 Å². The van der Waals surface area contributed by atoms with Crippen LogP contribution in [0.3, 0.4) is 0 Å². The minimum Gasteiger partial charge on any atom is -0.372 e. The van der Waals surface area contributed by atoms with Crippen molar-refractivity contribution < 1.29 is 13.2 Å². The van der Waals surface area contributed by atoms with E-state index in [2.05, 4.69) is 29.2 Å². The lowest BCUT2D eigenvalue weighted by Crippen LogP contribution is -2.41. The number of nitrogens with zero attached hydrogens (tertiary/aromatic N) is 2. The first-order chi connectivity index (χ1) is 12.5. The Hall–Kier alpha value is -1.56. The van der Waals surface area contributed by atoms with E-state index in [0.29, 0.717) is 25.8 Å². The van der Waals surface area contributed by atoms with Gasteiger partial charge >= 0.3 is 0 Å². The van der Waals surface area contributed by atoms with Gasteiger partial charge in [0.25, 0.3) is 0 Å². The van der Waals surface area contributed by atoms with E-state index in [4.69, 9.17) is 0 Å². The van der Waals surface area contributed by atoms with Crippen LogP contribution in [0.5, 0.6) is 0 Å². The van der Waals surface area contributed by atoms with E-state index in [0.717, 1.165) is 18.7 Å². The molecule has 0 radical (unpaired) electrons. The highest BCUT2D eigenvalue weighted by atomic mass is 32.2. The summed E-state index contributed by atoms with van der Waals surface area (Å²) in [5.41, 5.74) is 2.43. The molecular weight excluding hydrogens is 348 g/mol. The van der Waals surface area contributed by atoms with Crippen molar-refractivity contribution in [1.29, 1.82) is 0 Å². The van der Waals surface area contributed by atoms with E-state index < -0.39 is 9.84 Å². The van der Waals surface area contributed by atoms with E-state index in [1.165, 1.54) is 24.9 Å². The first kappa shape index (κ1) is 19.2. The molecule has 1 aromatic carbocycles. The Morgan fingerprint density at radius 1 is 1.15 bits per heavy atom. The van der Waals surface area contributed by atoms with Crippen molar-refractivity contribution in [3.8, 4) is 0 Å². The van der Waals surface area contributed by atoms with Crippen molar-refractivity contribution >= 4 is 21.4 Å². The topological polar surface area (TPSA) is 57.7 Å². The maximum atomic E-state index is 12.6. The van der Waals surface area contributed by atoms with Crippen LogP contribution in [-0.2, 0) is 21.1 Å². The highest BCUT2D eigenvalue weighted by Crippen LogP contribution is 2.22. The molecule has 144 valence electrons. The zero-order chi connectivity index (χ0) is 18.6. The van der Waals surface area contributed by atoms with Crippen molar-refractivity contribution in [2.45, 2.75) is 51.5 Å². The molecule has 6 heteroatoms. The highest BCUT2D eigenvalue weighted by Gasteiger charge is 2.33. The maximum Gasteiger partial charge on any atom is 0.223 e. The van der Waals surface area contributed by atoms with Crippen LogP contribution in [0.2, 0.25) is 0 Å². The van der Waals surface area contributed by atoms with Crippen LogP contribution in [0.4, 0.5) is 5.69 Å². The fraction of sp³-hybridized carbons (Fsp3) is 0.650. The molecule has 1 unspecified atom stereocenters. The normalized spacial score (nSPS) is 22.3. The summed E-state index contributed by atoms with van der Waals surface area (Å²) in [6.45, 7) is 4.77.